The van der Waals surface area contributed by atoms with Gasteiger partial charge in [0.15, 0.2) is 0 Å². The minimum atomic E-state index is -0.00222. The molecule has 0 heterocycles. The summed E-state index contributed by atoms with van der Waals surface area (Å²) in [5, 5.41) is 2.67. The highest BCUT2D eigenvalue weighted by Gasteiger charge is 2.03. The third kappa shape index (κ3) is 5.58. The molecule has 1 amide bonds. The third-order valence-corrected chi connectivity index (χ3v) is 1.43. The van der Waals surface area contributed by atoms with Crippen molar-refractivity contribution in [2.75, 3.05) is 6.54 Å². The lowest BCUT2D eigenvalue weighted by molar-refractivity contribution is -0.121. The Kier molecular flexibility index (Phi) is 5.43. The monoisotopic (exact) mass is 157 g/mol. The molecule has 0 saturated heterocycles. The van der Waals surface area contributed by atoms with E-state index in [1.165, 1.54) is 0 Å². The van der Waals surface area contributed by atoms with E-state index in [1.807, 2.05) is 13.8 Å². The molecule has 0 aromatic rings. The molecule has 0 aliphatic rings. The van der Waals surface area contributed by atoms with Crippen LogP contribution in [0.3, 0.4) is 0 Å². The molecular formula is C8H15NO2. The van der Waals surface area contributed by atoms with Crippen LogP contribution in [-0.4, -0.2) is 18.7 Å². The molecular weight excluding hydrogens is 142 g/mol. The van der Waals surface area contributed by atoms with Crippen LogP contribution in [0.5, 0.6) is 0 Å². The zero-order chi connectivity index (χ0) is 8.69. The Morgan fingerprint density at radius 1 is 1.64 bits per heavy atom. The Bertz CT molecular complexity index is 134. The fraction of sp³-hybridized carbons (Fsp3) is 0.750. The van der Waals surface area contributed by atoms with Crippen LogP contribution in [0.2, 0.25) is 0 Å². The second-order valence-electron chi connectivity index (χ2n) is 2.61. The van der Waals surface area contributed by atoms with E-state index in [0.29, 0.717) is 19.4 Å². The van der Waals surface area contributed by atoms with Crippen LogP contribution in [-0.2, 0) is 9.59 Å². The fourth-order valence-electron chi connectivity index (χ4n) is 0.712. The zero-order valence-electron chi connectivity index (χ0n) is 7.09. The number of carbonyl (C=O) groups excluding carboxylic acids is 2. The summed E-state index contributed by atoms with van der Waals surface area (Å²) >= 11 is 0. The van der Waals surface area contributed by atoms with Crippen LogP contribution in [0.15, 0.2) is 0 Å². The molecule has 0 aliphatic carbocycles. The molecule has 0 fully saturated rings. The average molecular weight is 157 g/mol. The van der Waals surface area contributed by atoms with Gasteiger partial charge in [-0.15, -0.1) is 0 Å². The highest BCUT2D eigenvalue weighted by Crippen LogP contribution is 2.00. The fourth-order valence-corrected chi connectivity index (χ4v) is 0.712. The summed E-state index contributed by atoms with van der Waals surface area (Å²) in [6, 6.07) is 0. The predicted molar refractivity (Wildman–Crippen MR) is 43.1 cm³/mol. The molecule has 64 valence electrons. The number of nitrogens with one attached hydrogen (secondary N) is 1. The molecule has 1 N–H and O–H groups in total. The van der Waals surface area contributed by atoms with Gasteiger partial charge in [0.1, 0.15) is 6.29 Å². The van der Waals surface area contributed by atoms with E-state index in [1.54, 1.807) is 0 Å². The van der Waals surface area contributed by atoms with E-state index >= 15 is 0 Å². The van der Waals surface area contributed by atoms with Crippen LogP contribution in [0.4, 0.5) is 0 Å². The van der Waals surface area contributed by atoms with Crippen LogP contribution in [0.1, 0.15) is 26.7 Å². The van der Waals surface area contributed by atoms with Crippen molar-refractivity contribution in [2.24, 2.45) is 5.92 Å². The maximum atomic E-state index is 10.8. The molecule has 0 saturated carbocycles. The Morgan fingerprint density at radius 2 is 2.27 bits per heavy atom. The lowest BCUT2D eigenvalue weighted by Gasteiger charge is -2.02. The smallest absolute Gasteiger partial charge is 0.220 e. The highest BCUT2D eigenvalue weighted by molar-refractivity contribution is 5.76. The van der Waals surface area contributed by atoms with Crippen molar-refractivity contribution in [3.05, 3.63) is 0 Å². The Balaban J connectivity index is 3.37. The summed E-state index contributed by atoms with van der Waals surface area (Å²) in [6.45, 7) is 4.35. The van der Waals surface area contributed by atoms with Gasteiger partial charge in [0.2, 0.25) is 5.91 Å². The van der Waals surface area contributed by atoms with Gasteiger partial charge in [-0.1, -0.05) is 6.92 Å². The second kappa shape index (κ2) is 5.89. The van der Waals surface area contributed by atoms with Crippen LogP contribution >= 0.6 is 0 Å². The van der Waals surface area contributed by atoms with Crippen molar-refractivity contribution in [3.8, 4) is 0 Å². The summed E-state index contributed by atoms with van der Waals surface area (Å²) in [7, 11) is 0. The number of aldehydes is 1. The van der Waals surface area contributed by atoms with E-state index in [-0.39, 0.29) is 11.8 Å². The molecule has 0 bridgehead atoms. The summed E-state index contributed by atoms with van der Waals surface area (Å²) < 4.78 is 0. The van der Waals surface area contributed by atoms with Gasteiger partial charge in [0, 0.05) is 18.9 Å². The topological polar surface area (TPSA) is 46.2 Å². The minimum Gasteiger partial charge on any atom is -0.356 e. The van der Waals surface area contributed by atoms with Crippen molar-refractivity contribution in [1.82, 2.24) is 5.32 Å². The molecule has 1 unspecified atom stereocenters. The van der Waals surface area contributed by atoms with Gasteiger partial charge in [-0.2, -0.15) is 0 Å². The summed E-state index contributed by atoms with van der Waals surface area (Å²) in [6.07, 6.45) is 1.97. The molecule has 0 aromatic heterocycles. The molecule has 0 spiro atoms. The highest BCUT2D eigenvalue weighted by atomic mass is 16.1. The second-order valence-corrected chi connectivity index (χ2v) is 2.61. The molecule has 0 rings (SSSR count). The van der Waals surface area contributed by atoms with Gasteiger partial charge < -0.3 is 10.1 Å². The van der Waals surface area contributed by atoms with Crippen molar-refractivity contribution in [1.29, 1.82) is 0 Å². The number of carbonyl (C=O) groups is 2. The Morgan fingerprint density at radius 3 is 2.73 bits per heavy atom. The molecule has 3 heteroatoms. The molecule has 3 nitrogen and oxygen atoms in total. The lowest BCUT2D eigenvalue weighted by Crippen LogP contribution is -2.22. The first-order valence-electron chi connectivity index (χ1n) is 3.92. The van der Waals surface area contributed by atoms with Gasteiger partial charge in [0.05, 0.1) is 0 Å². The number of rotatable bonds is 5. The normalized spacial score (nSPS) is 12.2. The summed E-state index contributed by atoms with van der Waals surface area (Å²) in [4.78, 5) is 21.0. The van der Waals surface area contributed by atoms with Crippen molar-refractivity contribution >= 4 is 12.2 Å². The molecule has 0 radical (unpaired) electrons. The first-order chi connectivity index (χ1) is 5.20. The van der Waals surface area contributed by atoms with E-state index < -0.39 is 0 Å². The van der Waals surface area contributed by atoms with E-state index in [0.717, 1.165) is 6.29 Å². The molecule has 11 heavy (non-hydrogen) atoms. The van der Waals surface area contributed by atoms with Gasteiger partial charge >= 0.3 is 0 Å². The van der Waals surface area contributed by atoms with E-state index in [9.17, 15) is 9.59 Å². The van der Waals surface area contributed by atoms with Crippen LogP contribution < -0.4 is 5.32 Å². The van der Waals surface area contributed by atoms with E-state index in [4.69, 9.17) is 0 Å². The third-order valence-electron chi connectivity index (χ3n) is 1.43. The standard InChI is InChI=1S/C8H15NO2/c1-3-9-8(11)5-4-7(2)6-10/h6-7H,3-5H2,1-2H3,(H,9,11). The summed E-state index contributed by atoms with van der Waals surface area (Å²) in [5.74, 6) is 0.0267. The Hall–Kier alpha value is -0.860. The maximum Gasteiger partial charge on any atom is 0.220 e. The van der Waals surface area contributed by atoms with Crippen molar-refractivity contribution in [2.45, 2.75) is 26.7 Å². The van der Waals surface area contributed by atoms with Crippen LogP contribution in [0, 0.1) is 5.92 Å². The minimum absolute atomic E-state index is 0.00222. The van der Waals surface area contributed by atoms with Gasteiger partial charge in [0.25, 0.3) is 0 Å². The van der Waals surface area contributed by atoms with Gasteiger partial charge in [-0.25, -0.2) is 0 Å². The largest absolute Gasteiger partial charge is 0.356 e. The quantitative estimate of drug-likeness (QED) is 0.598. The van der Waals surface area contributed by atoms with Crippen molar-refractivity contribution < 1.29 is 9.59 Å². The average Bonchev–Trinajstić information content (AvgIpc) is 2.01. The number of amides is 1. The van der Waals surface area contributed by atoms with Gasteiger partial charge in [-0.3, -0.25) is 4.79 Å². The molecule has 0 aromatic carbocycles. The summed E-state index contributed by atoms with van der Waals surface area (Å²) in [5.41, 5.74) is 0. The number of hydrogen-bond donors (Lipinski definition) is 1. The SMILES string of the molecule is CCNC(=O)CCC(C)C=O. The molecule has 0 aliphatic heterocycles. The molecule has 1 atom stereocenters. The lowest BCUT2D eigenvalue weighted by atomic mass is 10.1. The van der Waals surface area contributed by atoms with Crippen LogP contribution in [0.25, 0.3) is 0 Å². The first kappa shape index (κ1) is 10.1. The number of hydrogen-bond acceptors (Lipinski definition) is 2. The van der Waals surface area contributed by atoms with E-state index in [2.05, 4.69) is 5.32 Å². The van der Waals surface area contributed by atoms with Gasteiger partial charge in [-0.05, 0) is 13.3 Å². The maximum absolute atomic E-state index is 10.8. The van der Waals surface area contributed by atoms with Crippen molar-refractivity contribution in [3.63, 3.8) is 0 Å². The first-order valence-corrected chi connectivity index (χ1v) is 3.92. The zero-order valence-corrected chi connectivity index (χ0v) is 7.09. The Labute approximate surface area is 67.2 Å². The predicted octanol–water partition coefficient (Wildman–Crippen LogP) is 0.738.